The van der Waals surface area contributed by atoms with Crippen LogP contribution in [0, 0.1) is 5.92 Å². The Hall–Kier alpha value is -0.940. The second kappa shape index (κ2) is 2.28. The number of carbonyl (C=O) groups excluding carboxylic acids is 1. The summed E-state index contributed by atoms with van der Waals surface area (Å²) in [7, 11) is 0. The van der Waals surface area contributed by atoms with Crippen LogP contribution in [0.3, 0.4) is 0 Å². The van der Waals surface area contributed by atoms with Crippen molar-refractivity contribution < 1.29 is 18.0 Å². The number of halogens is 3. The molecule has 1 fully saturated rings. The molecule has 6 heteroatoms. The molecule has 0 aliphatic carbocycles. The Balaban J connectivity index is 2.35. The van der Waals surface area contributed by atoms with Crippen molar-refractivity contribution in [2.75, 3.05) is 13.1 Å². The van der Waals surface area contributed by atoms with Crippen LogP contribution >= 0.6 is 0 Å². The summed E-state index contributed by atoms with van der Waals surface area (Å²) >= 11 is 0. The number of amides is 2. The largest absolute Gasteiger partial charge is 0.395 e. The molecular formula is C5H7F3N2O. The summed E-state index contributed by atoms with van der Waals surface area (Å²) in [5, 5.41) is 0. The fourth-order valence-electron chi connectivity index (χ4n) is 0.866. The lowest BCUT2D eigenvalue weighted by atomic mass is 10.0. The van der Waals surface area contributed by atoms with Crippen LogP contribution in [-0.2, 0) is 0 Å². The summed E-state index contributed by atoms with van der Waals surface area (Å²) in [5.74, 6) is -1.38. The monoisotopic (exact) mass is 168 g/mol. The molecule has 2 amide bonds. The topological polar surface area (TPSA) is 46.3 Å². The molecule has 1 aliphatic heterocycles. The summed E-state index contributed by atoms with van der Waals surface area (Å²) in [4.78, 5) is 11.2. The molecule has 0 radical (unpaired) electrons. The van der Waals surface area contributed by atoms with Gasteiger partial charge in [0.1, 0.15) is 0 Å². The van der Waals surface area contributed by atoms with Crippen LogP contribution in [0.15, 0.2) is 0 Å². The van der Waals surface area contributed by atoms with Crippen LogP contribution in [0.2, 0.25) is 0 Å². The van der Waals surface area contributed by atoms with Crippen molar-refractivity contribution in [3.05, 3.63) is 0 Å². The Labute approximate surface area is 61.0 Å². The Morgan fingerprint density at radius 1 is 1.45 bits per heavy atom. The minimum absolute atomic E-state index is 0.293. The molecule has 1 heterocycles. The van der Waals surface area contributed by atoms with E-state index in [1.54, 1.807) is 0 Å². The maximum absolute atomic E-state index is 11.8. The van der Waals surface area contributed by atoms with Gasteiger partial charge in [0.15, 0.2) is 0 Å². The van der Waals surface area contributed by atoms with Gasteiger partial charge in [-0.15, -0.1) is 0 Å². The first kappa shape index (κ1) is 8.16. The molecule has 0 saturated carbocycles. The van der Waals surface area contributed by atoms with E-state index in [4.69, 9.17) is 5.73 Å². The standard InChI is InChI=1S/C5H7F3N2O/c6-5(7,8)3-1-10(2-3)4(9)11/h3H,1-2H2,(H2,9,11). The van der Waals surface area contributed by atoms with Crippen molar-refractivity contribution in [1.29, 1.82) is 0 Å². The predicted octanol–water partition coefficient (Wildman–Crippen LogP) is 0.559. The molecule has 3 nitrogen and oxygen atoms in total. The SMILES string of the molecule is NC(=O)N1CC(C(F)(F)F)C1. The zero-order chi connectivity index (χ0) is 8.65. The van der Waals surface area contributed by atoms with Crippen molar-refractivity contribution in [1.82, 2.24) is 4.90 Å². The van der Waals surface area contributed by atoms with E-state index in [0.717, 1.165) is 4.90 Å². The number of alkyl halides is 3. The van der Waals surface area contributed by atoms with Crippen LogP contribution in [-0.4, -0.2) is 30.2 Å². The van der Waals surface area contributed by atoms with Gasteiger partial charge < -0.3 is 10.6 Å². The van der Waals surface area contributed by atoms with E-state index >= 15 is 0 Å². The Bertz CT molecular complexity index is 173. The van der Waals surface area contributed by atoms with Gasteiger partial charge in [-0.05, 0) is 0 Å². The highest BCUT2D eigenvalue weighted by molar-refractivity contribution is 5.72. The number of nitrogens with zero attached hydrogens (tertiary/aromatic N) is 1. The van der Waals surface area contributed by atoms with Gasteiger partial charge in [-0.2, -0.15) is 13.2 Å². The molecule has 11 heavy (non-hydrogen) atoms. The van der Waals surface area contributed by atoms with Gasteiger partial charge in [0.2, 0.25) is 0 Å². The average Bonchev–Trinajstić information content (AvgIpc) is 1.51. The quantitative estimate of drug-likeness (QED) is 0.564. The third kappa shape index (κ3) is 1.55. The highest BCUT2D eigenvalue weighted by Gasteiger charge is 2.48. The van der Waals surface area contributed by atoms with E-state index in [1.165, 1.54) is 0 Å². The van der Waals surface area contributed by atoms with Crippen molar-refractivity contribution in [2.24, 2.45) is 11.7 Å². The van der Waals surface area contributed by atoms with E-state index in [1.807, 2.05) is 0 Å². The van der Waals surface area contributed by atoms with Crippen LogP contribution in [0.5, 0.6) is 0 Å². The Morgan fingerprint density at radius 2 is 1.91 bits per heavy atom. The third-order valence-electron chi connectivity index (χ3n) is 1.66. The first-order valence-corrected chi connectivity index (χ1v) is 3.02. The van der Waals surface area contributed by atoms with E-state index in [9.17, 15) is 18.0 Å². The molecule has 0 aromatic rings. The number of rotatable bonds is 0. The number of carbonyl (C=O) groups is 1. The lowest BCUT2D eigenvalue weighted by Crippen LogP contribution is -2.57. The van der Waals surface area contributed by atoms with E-state index in [-0.39, 0.29) is 13.1 Å². The summed E-state index contributed by atoms with van der Waals surface area (Å²) in [6.45, 7) is -0.586. The van der Waals surface area contributed by atoms with Crippen LogP contribution in [0.4, 0.5) is 18.0 Å². The molecule has 1 saturated heterocycles. The summed E-state index contributed by atoms with van der Waals surface area (Å²) in [6.07, 6.45) is -4.19. The number of hydrogen-bond acceptors (Lipinski definition) is 1. The second-order valence-electron chi connectivity index (χ2n) is 2.48. The zero-order valence-corrected chi connectivity index (χ0v) is 5.56. The molecule has 1 aliphatic rings. The van der Waals surface area contributed by atoms with Crippen molar-refractivity contribution >= 4 is 6.03 Å². The van der Waals surface area contributed by atoms with E-state index in [2.05, 4.69) is 0 Å². The molecule has 2 N–H and O–H groups in total. The van der Waals surface area contributed by atoms with E-state index < -0.39 is 18.1 Å². The van der Waals surface area contributed by atoms with Gasteiger partial charge in [0.05, 0.1) is 5.92 Å². The molecule has 0 bridgehead atoms. The molecule has 64 valence electrons. The van der Waals surface area contributed by atoms with Gasteiger partial charge >= 0.3 is 12.2 Å². The van der Waals surface area contributed by atoms with Crippen molar-refractivity contribution in [2.45, 2.75) is 6.18 Å². The lowest BCUT2D eigenvalue weighted by molar-refractivity contribution is -0.201. The van der Waals surface area contributed by atoms with Crippen molar-refractivity contribution in [3.63, 3.8) is 0 Å². The first-order chi connectivity index (χ1) is 4.91. The number of likely N-dealkylation sites (tertiary alicyclic amines) is 1. The number of hydrogen-bond donors (Lipinski definition) is 1. The molecule has 0 aromatic heterocycles. The van der Waals surface area contributed by atoms with Crippen LogP contribution in [0.1, 0.15) is 0 Å². The minimum atomic E-state index is -4.19. The highest BCUT2D eigenvalue weighted by atomic mass is 19.4. The lowest BCUT2D eigenvalue weighted by Gasteiger charge is -2.38. The van der Waals surface area contributed by atoms with Crippen molar-refractivity contribution in [3.8, 4) is 0 Å². The summed E-state index contributed by atoms with van der Waals surface area (Å²) in [5.41, 5.74) is 4.72. The van der Waals surface area contributed by atoms with E-state index in [0.29, 0.717) is 0 Å². The first-order valence-electron chi connectivity index (χ1n) is 3.02. The van der Waals surface area contributed by atoms with Crippen LogP contribution in [0.25, 0.3) is 0 Å². The Kier molecular flexibility index (Phi) is 1.69. The fourth-order valence-corrected chi connectivity index (χ4v) is 0.866. The van der Waals surface area contributed by atoms with Gasteiger partial charge in [-0.3, -0.25) is 0 Å². The number of primary amides is 1. The third-order valence-corrected chi connectivity index (χ3v) is 1.66. The minimum Gasteiger partial charge on any atom is -0.351 e. The van der Waals surface area contributed by atoms with Gasteiger partial charge in [0, 0.05) is 13.1 Å². The Morgan fingerprint density at radius 3 is 2.18 bits per heavy atom. The van der Waals surface area contributed by atoms with Gasteiger partial charge in [-0.25, -0.2) is 4.79 Å². The normalized spacial score (nSPS) is 19.7. The molecule has 0 spiro atoms. The highest BCUT2D eigenvalue weighted by Crippen LogP contribution is 2.32. The molecule has 1 rings (SSSR count). The number of urea groups is 1. The molecule has 0 atom stereocenters. The smallest absolute Gasteiger partial charge is 0.351 e. The second-order valence-corrected chi connectivity index (χ2v) is 2.48. The maximum atomic E-state index is 11.8. The van der Waals surface area contributed by atoms with Crippen LogP contribution < -0.4 is 5.73 Å². The average molecular weight is 168 g/mol. The fraction of sp³-hybridized carbons (Fsp3) is 0.800. The predicted molar refractivity (Wildman–Crippen MR) is 30.7 cm³/mol. The van der Waals surface area contributed by atoms with Gasteiger partial charge in [0.25, 0.3) is 0 Å². The molecular weight excluding hydrogens is 161 g/mol. The summed E-state index contributed by atoms with van der Waals surface area (Å²) < 4.78 is 35.3. The molecule has 0 unspecified atom stereocenters. The molecule has 0 aromatic carbocycles. The maximum Gasteiger partial charge on any atom is 0.395 e. The summed E-state index contributed by atoms with van der Waals surface area (Å²) in [6, 6.07) is -0.787. The van der Waals surface area contributed by atoms with Gasteiger partial charge in [-0.1, -0.05) is 0 Å². The number of nitrogens with two attached hydrogens (primary N) is 1. The zero-order valence-electron chi connectivity index (χ0n) is 5.56.